The highest BCUT2D eigenvalue weighted by molar-refractivity contribution is 6.04. The van der Waals surface area contributed by atoms with Crippen molar-refractivity contribution in [1.82, 2.24) is 5.32 Å². The summed E-state index contributed by atoms with van der Waals surface area (Å²) in [6.07, 6.45) is 4.66. The summed E-state index contributed by atoms with van der Waals surface area (Å²) in [7, 11) is 0. The van der Waals surface area contributed by atoms with Crippen LogP contribution in [0.15, 0.2) is 0 Å². The van der Waals surface area contributed by atoms with Gasteiger partial charge in [-0.2, -0.15) is 0 Å². The van der Waals surface area contributed by atoms with Gasteiger partial charge in [0.15, 0.2) is 11.5 Å². The zero-order valence-corrected chi connectivity index (χ0v) is 14.2. The van der Waals surface area contributed by atoms with Crippen LogP contribution >= 0.6 is 0 Å². The van der Waals surface area contributed by atoms with Crippen LogP contribution < -0.4 is 5.32 Å². The van der Waals surface area contributed by atoms with Gasteiger partial charge in [0.25, 0.3) is 5.91 Å². The molecule has 0 spiro atoms. The normalized spacial score (nSPS) is 31.5. The Bertz CT molecular complexity index is 472. The fraction of sp³-hybridized carbons (Fsp3) is 0.824. The lowest BCUT2D eigenvalue weighted by molar-refractivity contribution is -0.166. The number of nitrogens with one attached hydrogen (secondary N) is 1. The van der Waals surface area contributed by atoms with Crippen LogP contribution in [0.4, 0.5) is 0 Å². The molecule has 0 aromatic rings. The van der Waals surface area contributed by atoms with Crippen LogP contribution in [-0.4, -0.2) is 36.6 Å². The van der Waals surface area contributed by atoms with Gasteiger partial charge in [-0.25, -0.2) is 0 Å². The van der Waals surface area contributed by atoms with Gasteiger partial charge < -0.3 is 14.8 Å². The van der Waals surface area contributed by atoms with Gasteiger partial charge in [0.05, 0.1) is 6.61 Å². The average molecular weight is 325 g/mol. The molecule has 0 bridgehead atoms. The minimum absolute atomic E-state index is 0.140. The molecule has 1 amide bonds. The summed E-state index contributed by atoms with van der Waals surface area (Å²) < 4.78 is 10.4. The van der Waals surface area contributed by atoms with E-state index in [0.717, 1.165) is 25.7 Å². The van der Waals surface area contributed by atoms with E-state index in [2.05, 4.69) is 5.32 Å². The number of ether oxygens (including phenoxy) is 2. The molecule has 1 saturated carbocycles. The number of hydrogen-bond donors (Lipinski definition) is 1. The zero-order chi connectivity index (χ0) is 17.0. The molecule has 1 aliphatic heterocycles. The molecule has 1 heterocycles. The van der Waals surface area contributed by atoms with Crippen molar-refractivity contribution in [2.45, 2.75) is 71.4 Å². The van der Waals surface area contributed by atoms with Crippen molar-refractivity contribution >= 4 is 17.8 Å². The van der Waals surface area contributed by atoms with Crippen LogP contribution in [0.3, 0.4) is 0 Å². The first kappa shape index (κ1) is 17.8. The third-order valence-electron chi connectivity index (χ3n) is 5.24. The van der Waals surface area contributed by atoms with Gasteiger partial charge in [0.1, 0.15) is 0 Å². The number of hydrogen-bond acceptors (Lipinski definition) is 5. The Hall–Kier alpha value is -1.59. The number of rotatable bonds is 5. The number of cyclic esters (lactones) is 1. The second-order valence-electron chi connectivity index (χ2n) is 6.50. The van der Waals surface area contributed by atoms with E-state index in [4.69, 9.17) is 9.47 Å². The molecule has 1 N–H and O–H groups in total. The summed E-state index contributed by atoms with van der Waals surface area (Å²) in [4.78, 5) is 37.2. The molecule has 1 aliphatic carbocycles. The molecule has 2 rings (SSSR count). The Morgan fingerprint density at radius 2 is 1.91 bits per heavy atom. The van der Waals surface area contributed by atoms with Crippen molar-refractivity contribution in [2.75, 3.05) is 6.61 Å². The predicted molar refractivity (Wildman–Crippen MR) is 83.4 cm³/mol. The Kier molecular flexibility index (Phi) is 5.65. The highest BCUT2D eigenvalue weighted by atomic mass is 16.6. The minimum Gasteiger partial charge on any atom is -0.465 e. The van der Waals surface area contributed by atoms with Crippen LogP contribution in [0.1, 0.15) is 59.3 Å². The summed E-state index contributed by atoms with van der Waals surface area (Å²) in [5.74, 6) is -2.07. The van der Waals surface area contributed by atoms with Crippen LogP contribution in [0.5, 0.6) is 0 Å². The van der Waals surface area contributed by atoms with E-state index >= 15 is 0 Å². The standard InChI is InChI=1S/C17H27NO5/c1-4-17(15(20)22-5-2)11(3)13(23-16(17)21)14(19)18-12-9-7-6-8-10-12/h11-13H,4-10H2,1-3H3,(H,18,19)/t11-,13-,17+/m1/s1. The van der Waals surface area contributed by atoms with Crippen molar-refractivity contribution < 1.29 is 23.9 Å². The fourth-order valence-corrected chi connectivity index (χ4v) is 3.72. The Morgan fingerprint density at radius 3 is 2.48 bits per heavy atom. The maximum Gasteiger partial charge on any atom is 0.324 e. The molecule has 1 saturated heterocycles. The minimum atomic E-state index is -1.37. The summed E-state index contributed by atoms with van der Waals surface area (Å²) in [6.45, 7) is 5.35. The van der Waals surface area contributed by atoms with Crippen molar-refractivity contribution in [1.29, 1.82) is 0 Å². The SMILES string of the molecule is CCOC(=O)[C@@]1(CC)C(=O)O[C@@H](C(=O)NC2CCCCC2)[C@H]1C. The molecule has 0 aromatic carbocycles. The summed E-state index contributed by atoms with van der Waals surface area (Å²) in [6, 6.07) is 0.140. The van der Waals surface area contributed by atoms with Gasteiger partial charge in [-0.15, -0.1) is 0 Å². The third kappa shape index (κ3) is 3.21. The van der Waals surface area contributed by atoms with E-state index in [1.807, 2.05) is 0 Å². The van der Waals surface area contributed by atoms with Gasteiger partial charge >= 0.3 is 11.9 Å². The van der Waals surface area contributed by atoms with Gasteiger partial charge in [-0.1, -0.05) is 33.1 Å². The highest BCUT2D eigenvalue weighted by Crippen LogP contribution is 2.43. The first-order chi connectivity index (χ1) is 11.0. The smallest absolute Gasteiger partial charge is 0.324 e. The third-order valence-corrected chi connectivity index (χ3v) is 5.24. The molecule has 130 valence electrons. The molecule has 0 unspecified atom stereocenters. The van der Waals surface area contributed by atoms with Crippen molar-refractivity contribution in [2.24, 2.45) is 11.3 Å². The van der Waals surface area contributed by atoms with Crippen LogP contribution in [0.2, 0.25) is 0 Å². The largest absolute Gasteiger partial charge is 0.465 e. The van der Waals surface area contributed by atoms with E-state index in [-0.39, 0.29) is 25.0 Å². The second kappa shape index (κ2) is 7.32. The van der Waals surface area contributed by atoms with Crippen LogP contribution in [0, 0.1) is 11.3 Å². The fourth-order valence-electron chi connectivity index (χ4n) is 3.72. The van der Waals surface area contributed by atoms with Gasteiger partial charge in [0.2, 0.25) is 0 Å². The van der Waals surface area contributed by atoms with E-state index in [9.17, 15) is 14.4 Å². The first-order valence-electron chi connectivity index (χ1n) is 8.66. The lowest BCUT2D eigenvalue weighted by Gasteiger charge is -2.27. The molecular weight excluding hydrogens is 298 g/mol. The van der Waals surface area contributed by atoms with Crippen LogP contribution in [-0.2, 0) is 23.9 Å². The molecular formula is C17H27NO5. The summed E-state index contributed by atoms with van der Waals surface area (Å²) in [5, 5.41) is 2.98. The molecule has 2 fully saturated rings. The first-order valence-corrected chi connectivity index (χ1v) is 8.66. The molecule has 6 heteroatoms. The molecule has 3 atom stereocenters. The highest BCUT2D eigenvalue weighted by Gasteiger charge is 2.62. The van der Waals surface area contributed by atoms with Gasteiger partial charge in [-0.3, -0.25) is 14.4 Å². The quantitative estimate of drug-likeness (QED) is 0.617. The lowest BCUT2D eigenvalue weighted by atomic mass is 9.73. The van der Waals surface area contributed by atoms with Crippen molar-refractivity contribution in [3.8, 4) is 0 Å². The Labute approximate surface area is 137 Å². The number of esters is 2. The van der Waals surface area contributed by atoms with E-state index in [1.54, 1.807) is 20.8 Å². The molecule has 2 aliphatic rings. The zero-order valence-electron chi connectivity index (χ0n) is 14.2. The summed E-state index contributed by atoms with van der Waals surface area (Å²) >= 11 is 0. The maximum atomic E-state index is 12.5. The van der Waals surface area contributed by atoms with Crippen LogP contribution in [0.25, 0.3) is 0 Å². The maximum absolute atomic E-state index is 12.5. The number of carbonyl (C=O) groups is 3. The van der Waals surface area contributed by atoms with Gasteiger partial charge in [-0.05, 0) is 26.2 Å². The topological polar surface area (TPSA) is 81.7 Å². The number of carbonyl (C=O) groups excluding carboxylic acids is 3. The van der Waals surface area contributed by atoms with E-state index in [1.165, 1.54) is 6.42 Å². The van der Waals surface area contributed by atoms with Gasteiger partial charge in [0, 0.05) is 12.0 Å². The summed E-state index contributed by atoms with van der Waals surface area (Å²) in [5.41, 5.74) is -1.37. The van der Waals surface area contributed by atoms with Crippen molar-refractivity contribution in [3.63, 3.8) is 0 Å². The predicted octanol–water partition coefficient (Wildman–Crippen LogP) is 1.96. The lowest BCUT2D eigenvalue weighted by Crippen LogP contribution is -2.47. The Morgan fingerprint density at radius 1 is 1.26 bits per heavy atom. The monoisotopic (exact) mass is 325 g/mol. The average Bonchev–Trinajstić information content (AvgIpc) is 2.80. The van der Waals surface area contributed by atoms with E-state index < -0.39 is 29.4 Å². The van der Waals surface area contributed by atoms with E-state index in [0.29, 0.717) is 0 Å². The molecule has 0 radical (unpaired) electrons. The molecule has 0 aromatic heterocycles. The number of amides is 1. The molecule has 23 heavy (non-hydrogen) atoms. The Balaban J connectivity index is 2.11. The molecule has 6 nitrogen and oxygen atoms in total. The van der Waals surface area contributed by atoms with Crippen molar-refractivity contribution in [3.05, 3.63) is 0 Å². The second-order valence-corrected chi connectivity index (χ2v) is 6.50.